The third-order valence-corrected chi connectivity index (χ3v) is 3.26. The highest BCUT2D eigenvalue weighted by Gasteiger charge is 2.22. The van der Waals surface area contributed by atoms with Crippen molar-refractivity contribution in [2.24, 2.45) is 5.41 Å². The van der Waals surface area contributed by atoms with Crippen LogP contribution in [-0.4, -0.2) is 11.9 Å². The van der Waals surface area contributed by atoms with Crippen LogP contribution in [0.3, 0.4) is 0 Å². The highest BCUT2D eigenvalue weighted by Crippen LogP contribution is 2.19. The predicted octanol–water partition coefficient (Wildman–Crippen LogP) is 2.91. The summed E-state index contributed by atoms with van der Waals surface area (Å²) in [7, 11) is 0. The van der Waals surface area contributed by atoms with Crippen molar-refractivity contribution in [1.29, 1.82) is 0 Å². The zero-order valence-corrected chi connectivity index (χ0v) is 9.94. The summed E-state index contributed by atoms with van der Waals surface area (Å²) in [6, 6.07) is 3.91. The van der Waals surface area contributed by atoms with Crippen LogP contribution in [0.2, 0.25) is 0 Å². The van der Waals surface area contributed by atoms with E-state index in [-0.39, 0.29) is 17.4 Å². The van der Waals surface area contributed by atoms with Gasteiger partial charge in [0.25, 0.3) is 5.91 Å². The van der Waals surface area contributed by atoms with Gasteiger partial charge in [0.1, 0.15) is 0 Å². The summed E-state index contributed by atoms with van der Waals surface area (Å²) in [5, 5.41) is 4.91. The molecule has 0 unspecified atom stereocenters. The second-order valence-corrected chi connectivity index (χ2v) is 5.49. The molecular weight excluding hydrogens is 194 g/mol. The molecule has 0 aliphatic carbocycles. The van der Waals surface area contributed by atoms with Gasteiger partial charge >= 0.3 is 0 Å². The van der Waals surface area contributed by atoms with Crippen LogP contribution in [0.4, 0.5) is 0 Å². The minimum absolute atomic E-state index is 0.0300. The molecule has 14 heavy (non-hydrogen) atoms. The molecule has 0 saturated heterocycles. The summed E-state index contributed by atoms with van der Waals surface area (Å²) < 4.78 is 0. The molecule has 0 aliphatic heterocycles. The van der Waals surface area contributed by atoms with Crippen LogP contribution in [0.1, 0.15) is 37.4 Å². The Morgan fingerprint density at radius 2 is 2.14 bits per heavy atom. The quantitative estimate of drug-likeness (QED) is 0.800. The van der Waals surface area contributed by atoms with E-state index < -0.39 is 0 Å². The first kappa shape index (κ1) is 11.2. The summed E-state index contributed by atoms with van der Waals surface area (Å²) in [6.07, 6.45) is 0. The smallest absolute Gasteiger partial charge is 0.261 e. The van der Waals surface area contributed by atoms with Crippen LogP contribution >= 0.6 is 11.3 Å². The van der Waals surface area contributed by atoms with E-state index in [2.05, 4.69) is 26.1 Å². The predicted molar refractivity (Wildman–Crippen MR) is 60.7 cm³/mol. The van der Waals surface area contributed by atoms with Crippen molar-refractivity contribution in [2.75, 3.05) is 0 Å². The maximum Gasteiger partial charge on any atom is 0.261 e. The van der Waals surface area contributed by atoms with Gasteiger partial charge in [0.15, 0.2) is 0 Å². The van der Waals surface area contributed by atoms with Crippen LogP contribution in [0.5, 0.6) is 0 Å². The summed E-state index contributed by atoms with van der Waals surface area (Å²) in [6.45, 7) is 8.39. The lowest BCUT2D eigenvalue weighted by Gasteiger charge is -2.27. The van der Waals surface area contributed by atoms with Crippen molar-refractivity contribution in [2.45, 2.75) is 33.7 Å². The molecule has 0 fully saturated rings. The third-order valence-electron chi connectivity index (χ3n) is 2.39. The van der Waals surface area contributed by atoms with E-state index in [1.54, 1.807) is 0 Å². The molecule has 1 aromatic heterocycles. The van der Waals surface area contributed by atoms with Gasteiger partial charge in [-0.05, 0) is 23.8 Å². The van der Waals surface area contributed by atoms with E-state index >= 15 is 0 Å². The number of amides is 1. The zero-order chi connectivity index (χ0) is 10.8. The molecule has 2 nitrogen and oxygen atoms in total. The van der Waals surface area contributed by atoms with Gasteiger partial charge in [0.05, 0.1) is 4.88 Å². The Morgan fingerprint density at radius 1 is 1.50 bits per heavy atom. The van der Waals surface area contributed by atoms with Crippen molar-refractivity contribution in [3.05, 3.63) is 22.4 Å². The molecule has 0 saturated carbocycles. The Morgan fingerprint density at radius 3 is 2.57 bits per heavy atom. The SMILES string of the molecule is C[C@H](NC(=O)c1cccs1)C(C)(C)C. The number of nitrogens with one attached hydrogen (secondary N) is 1. The number of carbonyl (C=O) groups excluding carboxylic acids is 1. The fraction of sp³-hybridized carbons (Fsp3) is 0.545. The number of carbonyl (C=O) groups is 1. The van der Waals surface area contributed by atoms with Crippen molar-refractivity contribution in [1.82, 2.24) is 5.32 Å². The van der Waals surface area contributed by atoms with E-state index in [1.807, 2.05) is 24.4 Å². The van der Waals surface area contributed by atoms with Gasteiger partial charge < -0.3 is 5.32 Å². The first-order valence-electron chi connectivity index (χ1n) is 4.75. The normalized spacial score (nSPS) is 13.7. The molecule has 1 aromatic rings. The van der Waals surface area contributed by atoms with E-state index in [0.717, 1.165) is 4.88 Å². The average molecular weight is 211 g/mol. The lowest BCUT2D eigenvalue weighted by molar-refractivity contribution is 0.0914. The van der Waals surface area contributed by atoms with Gasteiger partial charge in [-0.25, -0.2) is 0 Å². The standard InChI is InChI=1S/C11H17NOS/c1-8(11(2,3)4)12-10(13)9-6-5-7-14-9/h5-8H,1-4H3,(H,12,13)/t8-/m0/s1. The Labute approximate surface area is 89.3 Å². The second-order valence-electron chi connectivity index (χ2n) is 4.54. The van der Waals surface area contributed by atoms with Gasteiger partial charge in [-0.3, -0.25) is 4.79 Å². The molecule has 1 heterocycles. The number of rotatable bonds is 2. The van der Waals surface area contributed by atoms with Crippen molar-refractivity contribution in [3.63, 3.8) is 0 Å². The van der Waals surface area contributed by atoms with Gasteiger partial charge in [-0.1, -0.05) is 26.8 Å². The third kappa shape index (κ3) is 2.84. The minimum Gasteiger partial charge on any atom is -0.348 e. The monoisotopic (exact) mass is 211 g/mol. The van der Waals surface area contributed by atoms with Crippen molar-refractivity contribution >= 4 is 17.2 Å². The van der Waals surface area contributed by atoms with E-state index in [1.165, 1.54) is 11.3 Å². The molecule has 3 heteroatoms. The fourth-order valence-corrected chi connectivity index (χ4v) is 1.52. The molecule has 0 bridgehead atoms. The summed E-state index contributed by atoms with van der Waals surface area (Å²) >= 11 is 1.47. The molecule has 1 N–H and O–H groups in total. The molecule has 1 amide bonds. The average Bonchev–Trinajstić information content (AvgIpc) is 2.53. The van der Waals surface area contributed by atoms with Crippen molar-refractivity contribution < 1.29 is 4.79 Å². The maximum atomic E-state index is 11.7. The lowest BCUT2D eigenvalue weighted by atomic mass is 9.88. The van der Waals surface area contributed by atoms with Gasteiger partial charge in [0.2, 0.25) is 0 Å². The second kappa shape index (κ2) is 4.13. The largest absolute Gasteiger partial charge is 0.348 e. The van der Waals surface area contributed by atoms with Gasteiger partial charge in [-0.15, -0.1) is 11.3 Å². The minimum atomic E-state index is 0.0300. The first-order chi connectivity index (χ1) is 6.41. The molecule has 1 rings (SSSR count). The highest BCUT2D eigenvalue weighted by molar-refractivity contribution is 7.12. The van der Waals surface area contributed by atoms with Gasteiger partial charge in [-0.2, -0.15) is 0 Å². The fourth-order valence-electron chi connectivity index (χ4n) is 0.892. The Hall–Kier alpha value is -0.830. The molecule has 0 radical (unpaired) electrons. The topological polar surface area (TPSA) is 29.1 Å². The number of hydrogen-bond donors (Lipinski definition) is 1. The van der Waals surface area contributed by atoms with E-state index in [0.29, 0.717) is 0 Å². The summed E-state index contributed by atoms with van der Waals surface area (Å²) in [4.78, 5) is 12.4. The summed E-state index contributed by atoms with van der Waals surface area (Å²) in [5.41, 5.74) is 0.104. The Kier molecular flexibility index (Phi) is 3.32. The zero-order valence-electron chi connectivity index (χ0n) is 9.13. The highest BCUT2D eigenvalue weighted by atomic mass is 32.1. The van der Waals surface area contributed by atoms with E-state index in [9.17, 15) is 4.79 Å². The first-order valence-corrected chi connectivity index (χ1v) is 5.63. The van der Waals surface area contributed by atoms with Crippen molar-refractivity contribution in [3.8, 4) is 0 Å². The number of thiophene rings is 1. The van der Waals surface area contributed by atoms with Crippen LogP contribution in [0, 0.1) is 5.41 Å². The number of hydrogen-bond acceptors (Lipinski definition) is 2. The molecule has 0 aliphatic rings. The molecule has 1 atom stereocenters. The van der Waals surface area contributed by atoms with Crippen LogP contribution in [-0.2, 0) is 0 Å². The Balaban J connectivity index is 2.58. The van der Waals surface area contributed by atoms with Crippen LogP contribution in [0.15, 0.2) is 17.5 Å². The van der Waals surface area contributed by atoms with Crippen LogP contribution in [0.25, 0.3) is 0 Å². The maximum absolute atomic E-state index is 11.7. The molecule has 78 valence electrons. The Bertz CT molecular complexity index is 298. The van der Waals surface area contributed by atoms with E-state index in [4.69, 9.17) is 0 Å². The molecule has 0 aromatic carbocycles. The summed E-state index contributed by atoms with van der Waals surface area (Å²) in [5.74, 6) is 0.0300. The molecular formula is C11H17NOS. The van der Waals surface area contributed by atoms with Gasteiger partial charge in [0, 0.05) is 6.04 Å². The lowest BCUT2D eigenvalue weighted by Crippen LogP contribution is -2.41. The molecule has 0 spiro atoms. The van der Waals surface area contributed by atoms with Crippen LogP contribution < -0.4 is 5.32 Å².